The highest BCUT2D eigenvalue weighted by Gasteiger charge is 2.05. The molecule has 0 atom stereocenters. The predicted molar refractivity (Wildman–Crippen MR) is 112 cm³/mol. The van der Waals surface area contributed by atoms with Crippen molar-refractivity contribution in [1.82, 2.24) is 10.4 Å². The van der Waals surface area contributed by atoms with Gasteiger partial charge in [-0.3, -0.25) is 9.78 Å². The molecule has 1 amide bonds. The van der Waals surface area contributed by atoms with E-state index in [1.54, 1.807) is 24.3 Å². The van der Waals surface area contributed by atoms with E-state index in [1.807, 2.05) is 39.0 Å². The van der Waals surface area contributed by atoms with Crippen molar-refractivity contribution in [3.8, 4) is 5.75 Å². The highest BCUT2D eigenvalue weighted by molar-refractivity contribution is 5.94. The SMILES string of the molecule is Cc1ccc(C(=O)N/N=C\c2cc(N=Nc3ccc(C)c(C)c3)ccc2O)cn1. The number of hydrogen-bond acceptors (Lipinski definition) is 6. The Morgan fingerprint density at radius 3 is 2.38 bits per heavy atom. The number of carbonyl (C=O) groups excluding carboxylic acids is 1. The topological polar surface area (TPSA) is 99.3 Å². The van der Waals surface area contributed by atoms with E-state index in [2.05, 4.69) is 25.7 Å². The van der Waals surface area contributed by atoms with Gasteiger partial charge in [-0.2, -0.15) is 15.3 Å². The monoisotopic (exact) mass is 387 g/mol. The molecule has 7 heteroatoms. The van der Waals surface area contributed by atoms with Crippen LogP contribution in [0.15, 0.2) is 70.1 Å². The number of carbonyl (C=O) groups is 1. The summed E-state index contributed by atoms with van der Waals surface area (Å²) in [6.07, 6.45) is 2.83. The van der Waals surface area contributed by atoms with Crippen molar-refractivity contribution in [3.63, 3.8) is 0 Å². The first-order valence-electron chi connectivity index (χ1n) is 9.00. The van der Waals surface area contributed by atoms with Crippen molar-refractivity contribution in [2.45, 2.75) is 20.8 Å². The molecule has 0 unspecified atom stereocenters. The zero-order valence-electron chi connectivity index (χ0n) is 16.4. The van der Waals surface area contributed by atoms with Crippen LogP contribution >= 0.6 is 0 Å². The number of aromatic nitrogens is 1. The van der Waals surface area contributed by atoms with E-state index in [4.69, 9.17) is 0 Å². The summed E-state index contributed by atoms with van der Waals surface area (Å²) in [4.78, 5) is 16.1. The molecule has 0 spiro atoms. The zero-order chi connectivity index (χ0) is 20.8. The smallest absolute Gasteiger partial charge is 0.272 e. The highest BCUT2D eigenvalue weighted by Crippen LogP contribution is 2.25. The second kappa shape index (κ2) is 8.88. The Morgan fingerprint density at radius 1 is 0.966 bits per heavy atom. The number of phenols is 1. The van der Waals surface area contributed by atoms with Gasteiger partial charge in [0.05, 0.1) is 23.2 Å². The average Bonchev–Trinajstić information content (AvgIpc) is 2.71. The van der Waals surface area contributed by atoms with Gasteiger partial charge >= 0.3 is 0 Å². The molecule has 3 rings (SSSR count). The van der Waals surface area contributed by atoms with Crippen molar-refractivity contribution < 1.29 is 9.90 Å². The third kappa shape index (κ3) is 5.32. The fourth-order valence-corrected chi connectivity index (χ4v) is 2.44. The van der Waals surface area contributed by atoms with Crippen molar-refractivity contribution in [1.29, 1.82) is 0 Å². The van der Waals surface area contributed by atoms with Crippen molar-refractivity contribution in [2.24, 2.45) is 15.3 Å². The Kier molecular flexibility index (Phi) is 6.09. The number of azo groups is 1. The molecule has 0 saturated heterocycles. The van der Waals surface area contributed by atoms with E-state index < -0.39 is 0 Å². The molecule has 2 aromatic carbocycles. The summed E-state index contributed by atoms with van der Waals surface area (Å²) in [5, 5.41) is 22.3. The number of nitrogens with zero attached hydrogens (tertiary/aromatic N) is 4. The number of phenolic OH excluding ortho intramolecular Hbond substituents is 1. The Hall–Kier alpha value is -3.87. The van der Waals surface area contributed by atoms with Gasteiger partial charge in [0.25, 0.3) is 5.91 Å². The molecule has 0 fully saturated rings. The normalized spacial score (nSPS) is 11.3. The summed E-state index contributed by atoms with van der Waals surface area (Å²) >= 11 is 0. The lowest BCUT2D eigenvalue weighted by molar-refractivity contribution is 0.0954. The maximum absolute atomic E-state index is 12.0. The fraction of sp³-hybridized carbons (Fsp3) is 0.136. The number of amides is 1. The Balaban J connectivity index is 1.70. The molecule has 0 bridgehead atoms. The molecule has 0 aliphatic carbocycles. The Labute approximate surface area is 168 Å². The molecule has 3 aromatic rings. The summed E-state index contributed by atoms with van der Waals surface area (Å²) in [5.74, 6) is -0.371. The minimum absolute atomic E-state index is 0.0186. The van der Waals surface area contributed by atoms with Crippen LogP contribution in [-0.2, 0) is 0 Å². The van der Waals surface area contributed by atoms with Crippen molar-refractivity contribution in [2.75, 3.05) is 0 Å². The van der Waals surface area contributed by atoms with Crippen molar-refractivity contribution in [3.05, 3.63) is 82.7 Å². The fourth-order valence-electron chi connectivity index (χ4n) is 2.44. The van der Waals surface area contributed by atoms with Gasteiger partial charge in [-0.1, -0.05) is 6.07 Å². The quantitative estimate of drug-likeness (QED) is 0.370. The van der Waals surface area contributed by atoms with Gasteiger partial charge in [0.2, 0.25) is 0 Å². The number of benzene rings is 2. The number of hydrogen-bond donors (Lipinski definition) is 2. The lowest BCUT2D eigenvalue weighted by Crippen LogP contribution is -2.17. The second-order valence-corrected chi connectivity index (χ2v) is 6.60. The first-order valence-corrected chi connectivity index (χ1v) is 9.00. The average molecular weight is 387 g/mol. The molecule has 7 nitrogen and oxygen atoms in total. The molecular weight excluding hydrogens is 366 g/mol. The van der Waals surface area contributed by atoms with Gasteiger partial charge in [-0.05, 0) is 74.4 Å². The summed E-state index contributed by atoms with van der Waals surface area (Å²) in [6, 6.07) is 14.0. The lowest BCUT2D eigenvalue weighted by Gasteiger charge is -2.02. The van der Waals surface area contributed by atoms with Gasteiger partial charge in [-0.15, -0.1) is 0 Å². The number of aromatic hydroxyl groups is 1. The minimum Gasteiger partial charge on any atom is -0.507 e. The molecule has 0 radical (unpaired) electrons. The molecule has 0 aliphatic heterocycles. The molecule has 0 saturated carbocycles. The second-order valence-electron chi connectivity index (χ2n) is 6.60. The number of nitrogens with one attached hydrogen (secondary N) is 1. The van der Waals surface area contributed by atoms with Crippen LogP contribution in [0.4, 0.5) is 11.4 Å². The maximum Gasteiger partial charge on any atom is 0.272 e. The van der Waals surface area contributed by atoms with Crippen molar-refractivity contribution >= 4 is 23.5 Å². The number of rotatable bonds is 5. The Bertz CT molecular complexity index is 1090. The van der Waals surface area contributed by atoms with Crippen LogP contribution in [0.1, 0.15) is 32.7 Å². The summed E-state index contributed by atoms with van der Waals surface area (Å²) in [5.41, 5.74) is 7.66. The van der Waals surface area contributed by atoms with Crippen LogP contribution in [0.3, 0.4) is 0 Å². The van der Waals surface area contributed by atoms with Gasteiger partial charge in [0, 0.05) is 17.5 Å². The Morgan fingerprint density at radius 2 is 1.69 bits per heavy atom. The summed E-state index contributed by atoms with van der Waals surface area (Å²) in [6.45, 7) is 5.90. The lowest BCUT2D eigenvalue weighted by atomic mass is 10.1. The largest absolute Gasteiger partial charge is 0.507 e. The van der Waals surface area contributed by atoms with Gasteiger partial charge in [0.1, 0.15) is 5.75 Å². The van der Waals surface area contributed by atoms with E-state index in [0.717, 1.165) is 16.9 Å². The molecule has 29 heavy (non-hydrogen) atoms. The van der Waals surface area contributed by atoms with E-state index in [0.29, 0.717) is 16.8 Å². The first-order chi connectivity index (χ1) is 13.9. The van der Waals surface area contributed by atoms with Gasteiger partial charge in [0.15, 0.2) is 0 Å². The standard InChI is InChI=1S/C22H21N5O2/c1-14-4-7-19(10-15(14)2)25-26-20-8-9-21(28)18(11-20)13-24-27-22(29)17-6-5-16(3)23-12-17/h4-13,28H,1-3H3,(H,27,29)/b24-13-,26-25?. The maximum atomic E-state index is 12.0. The molecule has 146 valence electrons. The van der Waals surface area contributed by atoms with E-state index in [1.165, 1.54) is 24.0 Å². The van der Waals surface area contributed by atoms with E-state index in [9.17, 15) is 9.90 Å². The third-order valence-corrected chi connectivity index (χ3v) is 4.33. The molecule has 1 heterocycles. The zero-order valence-corrected chi connectivity index (χ0v) is 16.4. The predicted octanol–water partition coefficient (Wildman–Crippen LogP) is 4.89. The number of aryl methyl sites for hydroxylation is 3. The van der Waals surface area contributed by atoms with E-state index >= 15 is 0 Å². The van der Waals surface area contributed by atoms with E-state index in [-0.39, 0.29) is 11.7 Å². The van der Waals surface area contributed by atoms with Gasteiger partial charge in [-0.25, -0.2) is 5.43 Å². The minimum atomic E-state index is -0.390. The first kappa shape index (κ1) is 19.9. The third-order valence-electron chi connectivity index (χ3n) is 4.33. The molecular formula is C22H21N5O2. The number of pyridine rings is 1. The van der Waals surface area contributed by atoms with Crippen LogP contribution in [0, 0.1) is 20.8 Å². The van der Waals surface area contributed by atoms with Crippen LogP contribution in [0.2, 0.25) is 0 Å². The van der Waals surface area contributed by atoms with Crippen LogP contribution in [0.25, 0.3) is 0 Å². The molecule has 0 aliphatic rings. The van der Waals surface area contributed by atoms with Gasteiger partial charge < -0.3 is 5.11 Å². The highest BCUT2D eigenvalue weighted by atomic mass is 16.3. The summed E-state index contributed by atoms with van der Waals surface area (Å²) in [7, 11) is 0. The summed E-state index contributed by atoms with van der Waals surface area (Å²) < 4.78 is 0. The molecule has 1 aromatic heterocycles. The van der Waals surface area contributed by atoms with Crippen LogP contribution < -0.4 is 5.43 Å². The number of hydrazone groups is 1. The van der Waals surface area contributed by atoms with Crippen LogP contribution in [-0.4, -0.2) is 22.2 Å². The van der Waals surface area contributed by atoms with Crippen LogP contribution in [0.5, 0.6) is 5.75 Å². The molecule has 2 N–H and O–H groups in total.